The highest BCUT2D eigenvalue weighted by atomic mass is 16.5. The molecule has 31 heavy (non-hydrogen) atoms. The molecule has 166 valence electrons. The van der Waals surface area contributed by atoms with Gasteiger partial charge in [0.15, 0.2) is 0 Å². The predicted molar refractivity (Wildman–Crippen MR) is 120 cm³/mol. The van der Waals surface area contributed by atoms with Crippen molar-refractivity contribution >= 4 is 0 Å². The smallest absolute Gasteiger partial charge is 0.119 e. The van der Waals surface area contributed by atoms with Gasteiger partial charge in [-0.1, -0.05) is 26.0 Å². The number of aromatic nitrogens is 4. The Kier molecular flexibility index (Phi) is 7.04. The molecule has 4 rings (SSSR count). The second kappa shape index (κ2) is 10.1. The summed E-state index contributed by atoms with van der Waals surface area (Å²) in [6.07, 6.45) is 4.85. The first-order chi connectivity index (χ1) is 15.1. The van der Waals surface area contributed by atoms with Gasteiger partial charge in [-0.3, -0.25) is 14.7 Å². The highest BCUT2D eigenvalue weighted by molar-refractivity contribution is 5.29. The molecule has 1 saturated heterocycles. The molecule has 0 saturated carbocycles. The lowest BCUT2D eigenvalue weighted by Crippen LogP contribution is -2.37. The summed E-state index contributed by atoms with van der Waals surface area (Å²) in [4.78, 5) is 2.41. The van der Waals surface area contributed by atoms with Crippen LogP contribution in [0.3, 0.4) is 0 Å². The average Bonchev–Trinajstić information content (AvgIpc) is 3.44. The van der Waals surface area contributed by atoms with Crippen molar-refractivity contribution in [2.75, 3.05) is 26.3 Å². The van der Waals surface area contributed by atoms with Crippen molar-refractivity contribution in [3.63, 3.8) is 0 Å². The fourth-order valence-corrected chi connectivity index (χ4v) is 3.84. The van der Waals surface area contributed by atoms with Crippen molar-refractivity contribution in [3.05, 3.63) is 65.2 Å². The van der Waals surface area contributed by atoms with Gasteiger partial charge in [0.05, 0.1) is 25.1 Å². The SMILES string of the molecule is CCn1cc(CN2CCO[C@H](c3cc(CCOc4ccc(C(C)C)cc4)[nH]n3)C2)cn1. The summed E-state index contributed by atoms with van der Waals surface area (Å²) in [5.41, 5.74) is 4.60. The van der Waals surface area contributed by atoms with Crippen LogP contribution in [0.5, 0.6) is 5.75 Å². The minimum atomic E-state index is -0.00975. The van der Waals surface area contributed by atoms with Crippen LogP contribution in [-0.2, 0) is 24.2 Å². The highest BCUT2D eigenvalue weighted by Crippen LogP contribution is 2.23. The number of rotatable bonds is 9. The molecular weight excluding hydrogens is 390 g/mol. The number of H-pyrrole nitrogens is 1. The van der Waals surface area contributed by atoms with Crippen molar-refractivity contribution in [1.29, 1.82) is 0 Å². The second-order valence-corrected chi connectivity index (χ2v) is 8.44. The third-order valence-corrected chi connectivity index (χ3v) is 5.73. The number of nitrogens with zero attached hydrogens (tertiary/aromatic N) is 4. The first kappa shape index (κ1) is 21.6. The van der Waals surface area contributed by atoms with Gasteiger partial charge in [0, 0.05) is 50.1 Å². The lowest BCUT2D eigenvalue weighted by atomic mass is 10.0. The summed E-state index contributed by atoms with van der Waals surface area (Å²) in [6.45, 7) is 11.4. The second-order valence-electron chi connectivity index (χ2n) is 8.44. The summed E-state index contributed by atoms with van der Waals surface area (Å²) in [5, 5.41) is 12.0. The minimum absolute atomic E-state index is 0.00975. The van der Waals surface area contributed by atoms with Gasteiger partial charge >= 0.3 is 0 Å². The number of aromatic amines is 1. The van der Waals surface area contributed by atoms with E-state index in [1.54, 1.807) is 0 Å². The van der Waals surface area contributed by atoms with Gasteiger partial charge in [0.1, 0.15) is 11.9 Å². The van der Waals surface area contributed by atoms with Crippen LogP contribution in [0.4, 0.5) is 0 Å². The Balaban J connectivity index is 1.26. The van der Waals surface area contributed by atoms with Crippen LogP contribution in [0.2, 0.25) is 0 Å². The topological polar surface area (TPSA) is 68.2 Å². The summed E-state index contributed by atoms with van der Waals surface area (Å²) < 4.78 is 13.9. The van der Waals surface area contributed by atoms with E-state index in [1.807, 2.05) is 23.0 Å². The summed E-state index contributed by atoms with van der Waals surface area (Å²) >= 11 is 0. The van der Waals surface area contributed by atoms with Gasteiger partial charge in [0.2, 0.25) is 0 Å². The quantitative estimate of drug-likeness (QED) is 0.565. The molecular formula is C24H33N5O2. The van der Waals surface area contributed by atoms with Crippen LogP contribution in [0, 0.1) is 0 Å². The lowest BCUT2D eigenvalue weighted by molar-refractivity contribution is -0.0350. The van der Waals surface area contributed by atoms with E-state index in [0.717, 1.165) is 49.7 Å². The van der Waals surface area contributed by atoms with Gasteiger partial charge in [-0.25, -0.2) is 0 Å². The van der Waals surface area contributed by atoms with E-state index < -0.39 is 0 Å². The molecule has 0 radical (unpaired) electrons. The van der Waals surface area contributed by atoms with E-state index in [4.69, 9.17) is 9.47 Å². The number of nitrogens with one attached hydrogen (secondary N) is 1. The lowest BCUT2D eigenvalue weighted by Gasteiger charge is -2.31. The molecule has 1 atom stereocenters. The molecule has 0 bridgehead atoms. The molecule has 0 aliphatic carbocycles. The zero-order valence-corrected chi connectivity index (χ0v) is 18.8. The van der Waals surface area contributed by atoms with Crippen LogP contribution in [-0.4, -0.2) is 51.2 Å². The van der Waals surface area contributed by atoms with E-state index in [-0.39, 0.29) is 6.10 Å². The Morgan fingerprint density at radius 3 is 2.84 bits per heavy atom. The van der Waals surface area contributed by atoms with Crippen LogP contribution in [0.15, 0.2) is 42.7 Å². The van der Waals surface area contributed by atoms with Crippen LogP contribution < -0.4 is 4.74 Å². The molecule has 3 heterocycles. The zero-order valence-electron chi connectivity index (χ0n) is 18.8. The number of aryl methyl sites for hydroxylation is 1. The maximum absolute atomic E-state index is 6.00. The maximum Gasteiger partial charge on any atom is 0.119 e. The average molecular weight is 424 g/mol. The molecule has 0 amide bonds. The highest BCUT2D eigenvalue weighted by Gasteiger charge is 2.24. The Labute approximate surface area is 184 Å². The summed E-state index contributed by atoms with van der Waals surface area (Å²) in [7, 11) is 0. The van der Waals surface area contributed by atoms with Gasteiger partial charge < -0.3 is 9.47 Å². The number of hydrogen-bond acceptors (Lipinski definition) is 5. The van der Waals surface area contributed by atoms with E-state index in [2.05, 4.69) is 65.4 Å². The third kappa shape index (κ3) is 5.74. The summed E-state index contributed by atoms with van der Waals surface area (Å²) in [6, 6.07) is 10.5. The van der Waals surface area contributed by atoms with E-state index in [0.29, 0.717) is 19.1 Å². The third-order valence-electron chi connectivity index (χ3n) is 5.73. The van der Waals surface area contributed by atoms with Crippen LogP contribution in [0.1, 0.15) is 55.3 Å². The molecule has 7 heteroatoms. The standard InChI is InChI=1S/C24H33N5O2/c1-4-29-16-19(14-25-29)15-28-10-12-31-24(17-28)23-13-21(26-27-23)9-11-30-22-7-5-20(6-8-22)18(2)3/h5-8,13-14,16,18,24H,4,9-12,15,17H2,1-3H3,(H,26,27)/t24-/m0/s1. The Bertz CT molecular complexity index is 947. The van der Waals surface area contributed by atoms with Crippen LogP contribution in [0.25, 0.3) is 0 Å². The summed E-state index contributed by atoms with van der Waals surface area (Å²) in [5.74, 6) is 1.44. The monoisotopic (exact) mass is 423 g/mol. The number of benzene rings is 1. The molecule has 7 nitrogen and oxygen atoms in total. The van der Waals surface area contributed by atoms with Crippen molar-refractivity contribution in [1.82, 2.24) is 24.9 Å². The Morgan fingerprint density at radius 2 is 2.10 bits per heavy atom. The molecule has 1 aromatic carbocycles. The van der Waals surface area contributed by atoms with E-state index >= 15 is 0 Å². The number of hydrogen-bond donors (Lipinski definition) is 1. The molecule has 0 unspecified atom stereocenters. The maximum atomic E-state index is 6.00. The molecule has 3 aromatic rings. The normalized spacial score (nSPS) is 17.4. The fourth-order valence-electron chi connectivity index (χ4n) is 3.84. The van der Waals surface area contributed by atoms with Crippen molar-refractivity contribution in [3.8, 4) is 5.75 Å². The Morgan fingerprint density at radius 1 is 1.26 bits per heavy atom. The minimum Gasteiger partial charge on any atom is -0.493 e. The molecule has 1 aliphatic heterocycles. The molecule has 1 aliphatic rings. The van der Waals surface area contributed by atoms with Crippen molar-refractivity contribution in [2.24, 2.45) is 0 Å². The number of ether oxygens (including phenoxy) is 2. The molecule has 1 fully saturated rings. The first-order valence-electron chi connectivity index (χ1n) is 11.2. The first-order valence-corrected chi connectivity index (χ1v) is 11.2. The van der Waals surface area contributed by atoms with Gasteiger partial charge in [-0.05, 0) is 36.6 Å². The molecule has 0 spiro atoms. The Hall–Kier alpha value is -2.64. The van der Waals surface area contributed by atoms with E-state index in [9.17, 15) is 0 Å². The zero-order chi connectivity index (χ0) is 21.6. The predicted octanol–water partition coefficient (Wildman–Crippen LogP) is 3.94. The van der Waals surface area contributed by atoms with Crippen molar-refractivity contribution < 1.29 is 9.47 Å². The number of morpholine rings is 1. The van der Waals surface area contributed by atoms with Gasteiger partial charge in [-0.15, -0.1) is 0 Å². The van der Waals surface area contributed by atoms with Gasteiger partial charge in [0.25, 0.3) is 0 Å². The molecule has 2 aromatic heterocycles. The largest absolute Gasteiger partial charge is 0.493 e. The van der Waals surface area contributed by atoms with Crippen LogP contribution >= 0.6 is 0 Å². The van der Waals surface area contributed by atoms with E-state index in [1.165, 1.54) is 11.1 Å². The van der Waals surface area contributed by atoms with Gasteiger partial charge in [-0.2, -0.15) is 10.2 Å². The fraction of sp³-hybridized carbons (Fsp3) is 0.500. The van der Waals surface area contributed by atoms with Crippen molar-refractivity contribution in [2.45, 2.75) is 52.3 Å². The molecule has 1 N–H and O–H groups in total.